The molecule has 2 aromatic heterocycles. The van der Waals surface area contributed by atoms with Crippen molar-refractivity contribution in [3.05, 3.63) is 127 Å². The van der Waals surface area contributed by atoms with Crippen molar-refractivity contribution in [1.29, 1.82) is 0 Å². The van der Waals surface area contributed by atoms with Gasteiger partial charge in [0.1, 0.15) is 0 Å². The van der Waals surface area contributed by atoms with Crippen LogP contribution in [0, 0.1) is 0 Å². The minimum atomic E-state index is 0.680. The lowest BCUT2D eigenvalue weighted by atomic mass is 9.91. The maximum atomic E-state index is 5.33. The van der Waals surface area contributed by atoms with E-state index in [4.69, 9.17) is 9.97 Å². The summed E-state index contributed by atoms with van der Waals surface area (Å²) in [5.41, 5.74) is 7.62. The Labute approximate surface area is 234 Å². The molecule has 40 heavy (non-hydrogen) atoms. The highest BCUT2D eigenvalue weighted by Gasteiger charge is 2.28. The highest BCUT2D eigenvalue weighted by Crippen LogP contribution is 2.50. The Kier molecular flexibility index (Phi) is 4.48. The highest BCUT2D eigenvalue weighted by molar-refractivity contribution is 7.25. The van der Waals surface area contributed by atoms with Crippen molar-refractivity contribution in [2.75, 3.05) is 4.90 Å². The maximum absolute atomic E-state index is 5.33. The summed E-state index contributed by atoms with van der Waals surface area (Å²) >= 11 is 1.83. The Bertz CT molecular complexity index is 2290. The molecule has 0 amide bonds. The molecular formula is C36H21N3S. The van der Waals surface area contributed by atoms with E-state index in [1.54, 1.807) is 0 Å². The molecule has 0 spiro atoms. The van der Waals surface area contributed by atoms with E-state index >= 15 is 0 Å². The summed E-state index contributed by atoms with van der Waals surface area (Å²) < 4.78 is 2.57. The average molecular weight is 528 g/mol. The summed E-state index contributed by atoms with van der Waals surface area (Å²) in [5, 5.41) is 6.09. The van der Waals surface area contributed by atoms with Gasteiger partial charge in [-0.15, -0.1) is 11.3 Å². The molecule has 1 aliphatic rings. The van der Waals surface area contributed by atoms with E-state index < -0.39 is 0 Å². The van der Waals surface area contributed by atoms with Crippen LogP contribution in [0.15, 0.2) is 127 Å². The Morgan fingerprint density at radius 2 is 1.25 bits per heavy atom. The summed E-state index contributed by atoms with van der Waals surface area (Å²) in [5.74, 6) is 0.680. The highest BCUT2D eigenvalue weighted by atomic mass is 32.1. The van der Waals surface area contributed by atoms with Crippen molar-refractivity contribution >= 4 is 70.5 Å². The Balaban J connectivity index is 1.33. The predicted molar refractivity (Wildman–Crippen MR) is 169 cm³/mol. The molecule has 4 heteroatoms. The van der Waals surface area contributed by atoms with Gasteiger partial charge in [0.2, 0.25) is 5.95 Å². The zero-order chi connectivity index (χ0) is 26.2. The second kappa shape index (κ2) is 8.22. The molecule has 9 rings (SSSR count). The Hall–Kier alpha value is -5.06. The zero-order valence-electron chi connectivity index (χ0n) is 21.4. The smallest absolute Gasteiger partial charge is 0.235 e. The number of fused-ring (bicyclic) bond motifs is 6. The van der Waals surface area contributed by atoms with E-state index in [1.165, 1.54) is 42.1 Å². The van der Waals surface area contributed by atoms with Crippen molar-refractivity contribution in [1.82, 2.24) is 9.97 Å². The van der Waals surface area contributed by atoms with Gasteiger partial charge in [-0.2, -0.15) is 0 Å². The third-order valence-corrected chi connectivity index (χ3v) is 9.14. The minimum Gasteiger partial charge on any atom is -0.278 e. The molecule has 0 saturated heterocycles. The van der Waals surface area contributed by atoms with E-state index in [2.05, 4.69) is 132 Å². The largest absolute Gasteiger partial charge is 0.278 e. The van der Waals surface area contributed by atoms with E-state index in [1.807, 2.05) is 11.3 Å². The monoisotopic (exact) mass is 527 g/mol. The second-order valence-corrected chi connectivity index (χ2v) is 11.3. The Morgan fingerprint density at radius 3 is 2.20 bits per heavy atom. The zero-order valence-corrected chi connectivity index (χ0v) is 22.2. The third kappa shape index (κ3) is 3.05. The first-order chi connectivity index (χ1) is 19.8. The first kappa shape index (κ1) is 21.8. The third-order valence-electron chi connectivity index (χ3n) is 8.00. The molecule has 186 valence electrons. The fraction of sp³-hybridized carbons (Fsp3) is 0. The fourth-order valence-corrected chi connectivity index (χ4v) is 7.38. The summed E-state index contributed by atoms with van der Waals surface area (Å²) in [4.78, 5) is 12.7. The molecule has 0 saturated carbocycles. The van der Waals surface area contributed by atoms with Gasteiger partial charge < -0.3 is 0 Å². The van der Waals surface area contributed by atoms with E-state index in [-0.39, 0.29) is 0 Å². The first-order valence-corrected chi connectivity index (χ1v) is 14.2. The van der Waals surface area contributed by atoms with Gasteiger partial charge in [-0.1, -0.05) is 97.1 Å². The minimum absolute atomic E-state index is 0.680. The molecule has 3 nitrogen and oxygen atoms in total. The van der Waals surface area contributed by atoms with Crippen LogP contribution in [-0.2, 0) is 0 Å². The molecule has 6 aromatic carbocycles. The molecule has 0 bridgehead atoms. The van der Waals surface area contributed by atoms with Gasteiger partial charge >= 0.3 is 0 Å². The summed E-state index contributed by atoms with van der Waals surface area (Å²) in [7, 11) is 0. The quantitative estimate of drug-likeness (QED) is 0.224. The number of nitrogens with zero attached hydrogens (tertiary/aromatic N) is 3. The predicted octanol–water partition coefficient (Wildman–Crippen LogP) is 10.3. The van der Waals surface area contributed by atoms with Gasteiger partial charge in [0.25, 0.3) is 0 Å². The van der Waals surface area contributed by atoms with Crippen molar-refractivity contribution in [3.63, 3.8) is 0 Å². The second-order valence-electron chi connectivity index (χ2n) is 10.2. The number of hydrogen-bond acceptors (Lipinski definition) is 4. The topological polar surface area (TPSA) is 29.0 Å². The van der Waals surface area contributed by atoms with Crippen LogP contribution in [0.5, 0.6) is 0 Å². The lowest BCUT2D eigenvalue weighted by Gasteiger charge is -2.32. The van der Waals surface area contributed by atoms with Gasteiger partial charge in [0.05, 0.1) is 22.6 Å². The van der Waals surface area contributed by atoms with Crippen LogP contribution in [0.4, 0.5) is 17.3 Å². The van der Waals surface area contributed by atoms with E-state index in [0.29, 0.717) is 5.95 Å². The average Bonchev–Trinajstić information content (AvgIpc) is 3.39. The normalized spacial score (nSPS) is 12.4. The number of benzene rings is 6. The fourth-order valence-electron chi connectivity index (χ4n) is 6.23. The van der Waals surface area contributed by atoms with Gasteiger partial charge in [0.15, 0.2) is 0 Å². The van der Waals surface area contributed by atoms with Crippen LogP contribution < -0.4 is 4.90 Å². The van der Waals surface area contributed by atoms with Crippen molar-refractivity contribution in [3.8, 4) is 22.4 Å². The van der Waals surface area contributed by atoms with Crippen LogP contribution in [0.3, 0.4) is 0 Å². The number of anilines is 3. The Morgan fingerprint density at radius 1 is 0.525 bits per heavy atom. The van der Waals surface area contributed by atoms with Crippen LogP contribution in [0.25, 0.3) is 64.2 Å². The lowest BCUT2D eigenvalue weighted by molar-refractivity contribution is 1.11. The number of thiophene rings is 1. The molecule has 0 radical (unpaired) electrons. The molecule has 0 N–H and O–H groups in total. The van der Waals surface area contributed by atoms with Crippen LogP contribution in [0.1, 0.15) is 0 Å². The van der Waals surface area contributed by atoms with Crippen LogP contribution in [0.2, 0.25) is 0 Å². The molecule has 1 aliphatic heterocycles. The molecule has 0 fully saturated rings. The van der Waals surface area contributed by atoms with E-state index in [0.717, 1.165) is 33.5 Å². The van der Waals surface area contributed by atoms with Gasteiger partial charge in [0, 0.05) is 42.1 Å². The standard InChI is InChI=1S/C36H21N3S/c1-4-15-29-28(13-1)35(23-19-20-26-25-12-3-6-18-32(25)40-33(26)21-23)38-36(37-29)39-30-16-5-2-11-24(30)27-14-7-9-22-10-8-17-31(39)34(22)27/h1-21H. The number of rotatable bonds is 2. The summed E-state index contributed by atoms with van der Waals surface area (Å²) in [6.07, 6.45) is 0. The molecule has 0 unspecified atom stereocenters. The number of para-hydroxylation sites is 2. The number of aromatic nitrogens is 2. The lowest BCUT2D eigenvalue weighted by Crippen LogP contribution is -2.18. The summed E-state index contributed by atoms with van der Waals surface area (Å²) in [6, 6.07) is 45.3. The molecular weight excluding hydrogens is 506 g/mol. The van der Waals surface area contributed by atoms with Gasteiger partial charge in [-0.3, -0.25) is 4.90 Å². The molecule has 3 heterocycles. The first-order valence-electron chi connectivity index (χ1n) is 13.4. The molecule has 8 aromatic rings. The molecule has 0 aliphatic carbocycles. The van der Waals surface area contributed by atoms with Crippen LogP contribution in [-0.4, -0.2) is 9.97 Å². The van der Waals surface area contributed by atoms with Crippen molar-refractivity contribution < 1.29 is 0 Å². The van der Waals surface area contributed by atoms with Gasteiger partial charge in [-0.05, 0) is 41.3 Å². The molecule has 0 atom stereocenters. The number of hydrogen-bond donors (Lipinski definition) is 0. The SMILES string of the molecule is c1ccc2c(c1)-c1cccc3cccc(c13)N2c1nc(-c2ccc3c(c2)sc2ccccc23)c2ccccc2n1. The summed E-state index contributed by atoms with van der Waals surface area (Å²) in [6.45, 7) is 0. The van der Waals surface area contributed by atoms with Crippen molar-refractivity contribution in [2.24, 2.45) is 0 Å². The van der Waals surface area contributed by atoms with E-state index in [9.17, 15) is 0 Å². The maximum Gasteiger partial charge on any atom is 0.235 e. The van der Waals surface area contributed by atoms with Crippen molar-refractivity contribution in [2.45, 2.75) is 0 Å². The van der Waals surface area contributed by atoms with Crippen LogP contribution >= 0.6 is 11.3 Å². The van der Waals surface area contributed by atoms with Gasteiger partial charge in [-0.25, -0.2) is 9.97 Å².